The minimum Gasteiger partial charge on any atom is -0.618 e. The molecular formula is C32H36ClN8O3+. The van der Waals surface area contributed by atoms with Gasteiger partial charge < -0.3 is 9.77 Å². The maximum absolute atomic E-state index is 14.0. The van der Waals surface area contributed by atoms with Crippen LogP contribution in [0.15, 0.2) is 66.7 Å². The van der Waals surface area contributed by atoms with Crippen molar-refractivity contribution in [2.75, 3.05) is 13.1 Å². The average molecular weight is 616 g/mol. The summed E-state index contributed by atoms with van der Waals surface area (Å²) in [7, 11) is 0. The van der Waals surface area contributed by atoms with Gasteiger partial charge >= 0.3 is 0 Å². The van der Waals surface area contributed by atoms with Gasteiger partial charge in [0.05, 0.1) is 0 Å². The van der Waals surface area contributed by atoms with Crippen molar-refractivity contribution in [3.63, 3.8) is 0 Å². The summed E-state index contributed by atoms with van der Waals surface area (Å²) in [6, 6.07) is 20.6. The molecule has 0 amide bonds. The Hall–Kier alpha value is -4.45. The van der Waals surface area contributed by atoms with Gasteiger partial charge in [0, 0.05) is 30.7 Å². The van der Waals surface area contributed by atoms with Crippen molar-refractivity contribution in [2.24, 2.45) is 0 Å². The molecule has 0 aliphatic rings. The highest BCUT2D eigenvalue weighted by molar-refractivity contribution is 6.33. The molecule has 0 aliphatic carbocycles. The van der Waals surface area contributed by atoms with Gasteiger partial charge in [-0.25, -0.2) is 10.2 Å². The van der Waals surface area contributed by atoms with Crippen LogP contribution in [0, 0.1) is 5.21 Å². The fourth-order valence-electron chi connectivity index (χ4n) is 5.25. The lowest BCUT2D eigenvalue weighted by Crippen LogP contribution is -2.49. The number of benzene rings is 2. The Kier molecular flexibility index (Phi) is 9.48. The van der Waals surface area contributed by atoms with Crippen LogP contribution in [0.25, 0.3) is 22.5 Å². The van der Waals surface area contributed by atoms with E-state index >= 15 is 0 Å². The molecule has 0 aliphatic heterocycles. The van der Waals surface area contributed by atoms with Crippen LogP contribution in [-0.2, 0) is 19.5 Å². The molecule has 228 valence electrons. The van der Waals surface area contributed by atoms with E-state index in [9.17, 15) is 15.2 Å². The lowest BCUT2D eigenvalue weighted by molar-refractivity contribution is -1.11. The number of pyridine rings is 1. The molecule has 44 heavy (non-hydrogen) atoms. The standard InChI is InChI=1S/C32H36ClN8O3/c1-4-7-15-28-34-31(33)29(30(42)27-14-10-11-24(40(27)43)21-41(44,5-2)6-3)39(28)20-22-16-18-23(19-17-22)25-12-8-9-13-26(25)32-35-37-38-36-32/h8-14,16-19,44H,4-7,15,20-21H2,1-3H3,(H,35,36,37,38)/q+1. The summed E-state index contributed by atoms with van der Waals surface area (Å²) in [4.78, 5) is 18.5. The fraction of sp³-hybridized carbons (Fsp3) is 0.312. The van der Waals surface area contributed by atoms with E-state index in [1.807, 2.05) is 66.9 Å². The Morgan fingerprint density at radius 1 is 1.02 bits per heavy atom. The third-order valence-electron chi connectivity index (χ3n) is 7.98. The summed E-state index contributed by atoms with van der Waals surface area (Å²) in [6.45, 7) is 7.06. The predicted octanol–water partition coefficient (Wildman–Crippen LogP) is 5.38. The van der Waals surface area contributed by atoms with Crippen molar-refractivity contribution < 1.29 is 19.4 Å². The third kappa shape index (κ3) is 6.40. The number of quaternary nitrogens is 1. The van der Waals surface area contributed by atoms with Crippen LogP contribution < -0.4 is 4.73 Å². The van der Waals surface area contributed by atoms with Crippen molar-refractivity contribution in [3.8, 4) is 22.5 Å². The van der Waals surface area contributed by atoms with Gasteiger partial charge in [-0.15, -0.1) is 10.2 Å². The van der Waals surface area contributed by atoms with Gasteiger partial charge in [0.1, 0.15) is 24.6 Å². The number of nitrogens with zero attached hydrogens (tertiary/aromatic N) is 7. The first-order valence-electron chi connectivity index (χ1n) is 14.8. The zero-order valence-corrected chi connectivity index (χ0v) is 25.8. The Labute approximate surface area is 260 Å². The monoisotopic (exact) mass is 615 g/mol. The van der Waals surface area contributed by atoms with Crippen molar-refractivity contribution in [3.05, 3.63) is 106 Å². The largest absolute Gasteiger partial charge is 0.618 e. The number of carbonyl (C=O) groups excluding carboxylic acids is 1. The van der Waals surface area contributed by atoms with E-state index in [0.717, 1.165) is 35.1 Å². The number of aromatic nitrogens is 7. The van der Waals surface area contributed by atoms with Crippen LogP contribution in [0.3, 0.4) is 0 Å². The first-order chi connectivity index (χ1) is 21.3. The van der Waals surface area contributed by atoms with Gasteiger partial charge in [-0.1, -0.05) is 73.5 Å². The van der Waals surface area contributed by atoms with Crippen LogP contribution >= 0.6 is 11.6 Å². The van der Waals surface area contributed by atoms with E-state index in [2.05, 4.69) is 32.5 Å². The number of rotatable bonds is 13. The smallest absolute Gasteiger partial charge is 0.277 e. The Morgan fingerprint density at radius 2 is 1.75 bits per heavy atom. The second-order valence-electron chi connectivity index (χ2n) is 10.7. The number of aromatic amines is 1. The molecule has 0 bridgehead atoms. The van der Waals surface area contributed by atoms with E-state index in [4.69, 9.17) is 11.6 Å². The number of unbranched alkanes of at least 4 members (excludes halogenated alkanes) is 1. The number of halogens is 1. The van der Waals surface area contributed by atoms with Crippen LogP contribution in [0.1, 0.15) is 66.9 Å². The third-order valence-corrected chi connectivity index (χ3v) is 8.24. The molecule has 0 fully saturated rings. The molecule has 0 unspecified atom stereocenters. The maximum Gasteiger partial charge on any atom is 0.277 e. The topological polar surface area (TPSA) is 137 Å². The highest BCUT2D eigenvalue weighted by Gasteiger charge is 2.32. The summed E-state index contributed by atoms with van der Waals surface area (Å²) in [6.07, 6.45) is 2.45. The molecule has 5 aromatic rings. The average Bonchev–Trinajstić information content (AvgIpc) is 3.69. The fourth-order valence-corrected chi connectivity index (χ4v) is 5.54. The summed E-state index contributed by atoms with van der Waals surface area (Å²) in [5.41, 5.74) is 4.12. The lowest BCUT2D eigenvalue weighted by atomic mass is 9.98. The molecule has 2 N–H and O–H groups in total. The first kappa shape index (κ1) is 31.0. The summed E-state index contributed by atoms with van der Waals surface area (Å²) in [5, 5.41) is 38.7. The maximum atomic E-state index is 14.0. The Morgan fingerprint density at radius 3 is 2.41 bits per heavy atom. The van der Waals surface area contributed by atoms with Gasteiger partial charge in [0.2, 0.25) is 5.82 Å². The van der Waals surface area contributed by atoms with E-state index < -0.39 is 5.78 Å². The zero-order valence-electron chi connectivity index (χ0n) is 25.1. The minimum absolute atomic E-state index is 0.0616. The Balaban J connectivity index is 1.49. The molecule has 0 saturated carbocycles. The molecule has 12 heteroatoms. The summed E-state index contributed by atoms with van der Waals surface area (Å²) >= 11 is 6.63. The molecule has 0 radical (unpaired) electrons. The molecule has 3 heterocycles. The second-order valence-corrected chi connectivity index (χ2v) is 11.1. The molecule has 0 atom stereocenters. The summed E-state index contributed by atoms with van der Waals surface area (Å²) in [5.74, 6) is 0.675. The van der Waals surface area contributed by atoms with Crippen LogP contribution in [-0.4, -0.2) is 58.9 Å². The number of hydroxylamine groups is 3. The number of nitrogens with one attached hydrogen (secondary N) is 1. The molecule has 2 aromatic carbocycles. The highest BCUT2D eigenvalue weighted by atomic mass is 35.5. The van der Waals surface area contributed by atoms with Crippen LogP contribution in [0.4, 0.5) is 0 Å². The molecule has 3 aromatic heterocycles. The Bertz CT molecular complexity index is 1730. The van der Waals surface area contributed by atoms with Gasteiger partial charge in [0.25, 0.3) is 17.2 Å². The number of ketones is 1. The van der Waals surface area contributed by atoms with Gasteiger partial charge in [-0.3, -0.25) is 4.79 Å². The van der Waals surface area contributed by atoms with E-state index in [-0.39, 0.29) is 27.7 Å². The summed E-state index contributed by atoms with van der Waals surface area (Å²) < 4.78 is 2.11. The van der Waals surface area contributed by atoms with Crippen LogP contribution in [0.5, 0.6) is 0 Å². The number of carbonyl (C=O) groups is 1. The molecular weight excluding hydrogens is 580 g/mol. The number of hydrogen-bond donors (Lipinski definition) is 2. The van der Waals surface area contributed by atoms with E-state index in [0.29, 0.717) is 48.1 Å². The quantitative estimate of drug-likeness (QED) is 0.0596. The van der Waals surface area contributed by atoms with Gasteiger partial charge in [-0.2, -0.15) is 14.6 Å². The minimum atomic E-state index is -0.517. The van der Waals surface area contributed by atoms with Crippen molar-refractivity contribution in [1.29, 1.82) is 0 Å². The number of imidazole rings is 1. The lowest BCUT2D eigenvalue weighted by Gasteiger charge is -2.26. The van der Waals surface area contributed by atoms with E-state index in [1.54, 1.807) is 12.1 Å². The molecule has 11 nitrogen and oxygen atoms in total. The number of hydrogen-bond acceptors (Lipinski definition) is 7. The van der Waals surface area contributed by atoms with Crippen molar-refractivity contribution in [2.45, 2.75) is 53.1 Å². The first-order valence-corrected chi connectivity index (χ1v) is 15.2. The van der Waals surface area contributed by atoms with Gasteiger partial charge in [-0.05, 0) is 48.2 Å². The van der Waals surface area contributed by atoms with E-state index in [1.165, 1.54) is 6.07 Å². The number of aryl methyl sites for hydroxylation is 1. The molecule has 5 rings (SSSR count). The van der Waals surface area contributed by atoms with Crippen molar-refractivity contribution in [1.82, 2.24) is 30.2 Å². The second kappa shape index (κ2) is 13.5. The number of H-pyrrole nitrogens is 1. The molecule has 0 spiro atoms. The predicted molar refractivity (Wildman–Crippen MR) is 166 cm³/mol. The SMILES string of the molecule is CCCCc1nc(Cl)c(C(=O)c2cccc(C[N+](O)(CC)CC)[n+]2[O-])n1Cc1ccc(-c2ccccc2-c2nn[nH]n2)cc1. The number of tetrazole rings is 1. The zero-order chi connectivity index (χ0) is 31.3. The van der Waals surface area contributed by atoms with Gasteiger partial charge in [0.15, 0.2) is 11.7 Å². The highest BCUT2D eigenvalue weighted by Crippen LogP contribution is 2.30. The van der Waals surface area contributed by atoms with Crippen molar-refractivity contribution >= 4 is 17.4 Å². The van der Waals surface area contributed by atoms with Crippen LogP contribution in [0.2, 0.25) is 5.15 Å². The normalized spacial score (nSPS) is 11.7. The molecule has 0 saturated heterocycles.